The fraction of sp³-hybridized carbons (Fsp3) is 0.400. The molecule has 0 spiro atoms. The van der Waals surface area contributed by atoms with E-state index in [1.165, 1.54) is 0 Å². The number of anilines is 1. The lowest BCUT2D eigenvalue weighted by atomic mass is 9.83. The van der Waals surface area contributed by atoms with E-state index in [1.54, 1.807) is 13.3 Å². The van der Waals surface area contributed by atoms with E-state index in [4.69, 9.17) is 10.5 Å². The summed E-state index contributed by atoms with van der Waals surface area (Å²) in [4.78, 5) is 4.24. The van der Waals surface area contributed by atoms with Crippen LogP contribution in [0.25, 0.3) is 11.3 Å². The fourth-order valence-electron chi connectivity index (χ4n) is 2.19. The van der Waals surface area contributed by atoms with Crippen molar-refractivity contribution in [3.63, 3.8) is 0 Å². The Morgan fingerprint density at radius 1 is 1.20 bits per heavy atom. The third kappa shape index (κ3) is 2.71. The first-order chi connectivity index (χ1) is 9.32. The zero-order valence-corrected chi connectivity index (χ0v) is 12.6. The van der Waals surface area contributed by atoms with Crippen LogP contribution >= 0.6 is 0 Å². The number of benzene rings is 1. The molecule has 0 saturated heterocycles. The summed E-state index contributed by atoms with van der Waals surface area (Å²) in [5.41, 5.74) is 9.43. The molecule has 1 aromatic heterocycles. The van der Waals surface area contributed by atoms with Crippen LogP contribution < -0.4 is 10.5 Å². The van der Waals surface area contributed by atoms with E-state index in [-0.39, 0.29) is 11.4 Å². The molecular weight excluding hydrogens is 252 g/mol. The van der Waals surface area contributed by atoms with Gasteiger partial charge in [0.2, 0.25) is 5.95 Å². The van der Waals surface area contributed by atoms with Crippen LogP contribution in [-0.4, -0.2) is 22.3 Å². The van der Waals surface area contributed by atoms with E-state index in [1.807, 2.05) is 6.07 Å². The minimum absolute atomic E-state index is 0.0296. The van der Waals surface area contributed by atoms with Crippen molar-refractivity contribution >= 4 is 5.95 Å². The van der Waals surface area contributed by atoms with Gasteiger partial charge >= 0.3 is 0 Å². The van der Waals surface area contributed by atoms with Gasteiger partial charge in [-0.2, -0.15) is 5.10 Å². The van der Waals surface area contributed by atoms with Crippen molar-refractivity contribution in [3.8, 4) is 17.0 Å². The molecule has 5 heteroatoms. The van der Waals surface area contributed by atoms with E-state index >= 15 is 0 Å². The number of nitrogens with two attached hydrogens (primary N) is 1. The molecule has 1 heterocycles. The number of aryl methyl sites for hydroxylation is 1. The Kier molecular flexibility index (Phi) is 3.61. The van der Waals surface area contributed by atoms with Gasteiger partial charge in [0.15, 0.2) is 0 Å². The van der Waals surface area contributed by atoms with Gasteiger partial charge in [0.1, 0.15) is 5.75 Å². The highest BCUT2D eigenvalue weighted by Crippen LogP contribution is 2.39. The monoisotopic (exact) mass is 272 g/mol. The highest BCUT2D eigenvalue weighted by atomic mass is 16.5. The van der Waals surface area contributed by atoms with Gasteiger partial charge in [-0.3, -0.25) is 0 Å². The Hall–Kier alpha value is -2.17. The summed E-state index contributed by atoms with van der Waals surface area (Å²) in [5.74, 6) is 0.964. The van der Waals surface area contributed by atoms with Crippen LogP contribution in [-0.2, 0) is 5.41 Å². The van der Waals surface area contributed by atoms with Crippen molar-refractivity contribution in [2.24, 2.45) is 0 Å². The molecule has 0 aliphatic rings. The van der Waals surface area contributed by atoms with Crippen molar-refractivity contribution in [2.45, 2.75) is 33.1 Å². The second kappa shape index (κ2) is 5.07. The number of nitrogens with zero attached hydrogens (tertiary/aromatic N) is 3. The molecule has 0 fully saturated rings. The van der Waals surface area contributed by atoms with E-state index in [0.29, 0.717) is 5.69 Å². The predicted octanol–water partition coefficient (Wildman–Crippen LogP) is 2.74. The highest BCUT2D eigenvalue weighted by molar-refractivity contribution is 5.71. The van der Waals surface area contributed by atoms with Gasteiger partial charge in [0.05, 0.1) is 19.0 Å². The van der Waals surface area contributed by atoms with Crippen molar-refractivity contribution in [1.82, 2.24) is 15.2 Å². The van der Waals surface area contributed by atoms with Gasteiger partial charge in [0, 0.05) is 11.1 Å². The standard InChI is InChI=1S/C15H20N4O/c1-9-6-10(12-8-17-19-14(16)18-12)13(20-5)11(7-9)15(2,3)4/h6-8H,1-5H3,(H2,16,18,19). The summed E-state index contributed by atoms with van der Waals surface area (Å²) in [5, 5.41) is 7.55. The smallest absolute Gasteiger partial charge is 0.240 e. The molecule has 0 atom stereocenters. The number of rotatable bonds is 2. The topological polar surface area (TPSA) is 73.9 Å². The van der Waals surface area contributed by atoms with Gasteiger partial charge in [-0.15, -0.1) is 5.10 Å². The average Bonchev–Trinajstić information content (AvgIpc) is 2.36. The van der Waals surface area contributed by atoms with E-state index in [2.05, 4.69) is 48.9 Å². The molecule has 0 saturated carbocycles. The van der Waals surface area contributed by atoms with Crippen LogP contribution in [0.15, 0.2) is 18.3 Å². The SMILES string of the molecule is COc1c(-c2cnnc(N)n2)cc(C)cc1C(C)(C)C. The van der Waals surface area contributed by atoms with Gasteiger partial charge in [0.25, 0.3) is 0 Å². The second-order valence-corrected chi connectivity index (χ2v) is 5.84. The van der Waals surface area contributed by atoms with E-state index in [9.17, 15) is 0 Å². The third-order valence-corrected chi connectivity index (χ3v) is 3.10. The van der Waals surface area contributed by atoms with Crippen LogP contribution in [0.1, 0.15) is 31.9 Å². The molecule has 2 N–H and O–H groups in total. The number of nitrogen functional groups attached to an aromatic ring is 1. The highest BCUT2D eigenvalue weighted by Gasteiger charge is 2.23. The molecule has 0 aliphatic carbocycles. The van der Waals surface area contributed by atoms with E-state index in [0.717, 1.165) is 22.4 Å². The molecule has 0 bridgehead atoms. The lowest BCUT2D eigenvalue weighted by Crippen LogP contribution is -2.14. The van der Waals surface area contributed by atoms with Crippen LogP contribution in [0.5, 0.6) is 5.75 Å². The summed E-state index contributed by atoms with van der Waals surface area (Å²) < 4.78 is 5.62. The van der Waals surface area contributed by atoms with Crippen molar-refractivity contribution in [3.05, 3.63) is 29.5 Å². The second-order valence-electron chi connectivity index (χ2n) is 5.84. The van der Waals surface area contributed by atoms with Gasteiger partial charge < -0.3 is 10.5 Å². The molecule has 2 aromatic rings. The summed E-state index contributed by atoms with van der Waals surface area (Å²) in [6, 6.07) is 4.16. The number of ether oxygens (including phenoxy) is 1. The summed E-state index contributed by atoms with van der Waals surface area (Å²) in [6.45, 7) is 8.51. The zero-order chi connectivity index (χ0) is 14.9. The average molecular weight is 272 g/mol. The number of hydrogen-bond donors (Lipinski definition) is 1. The van der Waals surface area contributed by atoms with E-state index < -0.39 is 0 Å². The number of aromatic nitrogens is 3. The van der Waals surface area contributed by atoms with Crippen molar-refractivity contribution in [2.75, 3.05) is 12.8 Å². The molecule has 0 amide bonds. The first kappa shape index (κ1) is 14.2. The minimum atomic E-state index is -0.0296. The molecule has 0 aliphatic heterocycles. The molecule has 106 valence electrons. The quantitative estimate of drug-likeness (QED) is 0.909. The summed E-state index contributed by atoms with van der Waals surface area (Å²) >= 11 is 0. The molecule has 20 heavy (non-hydrogen) atoms. The lowest BCUT2D eigenvalue weighted by Gasteiger charge is -2.24. The Balaban J connectivity index is 2.73. The first-order valence-electron chi connectivity index (χ1n) is 6.47. The maximum Gasteiger partial charge on any atom is 0.240 e. The minimum Gasteiger partial charge on any atom is -0.496 e. The van der Waals surface area contributed by atoms with Gasteiger partial charge in [-0.1, -0.05) is 26.8 Å². The van der Waals surface area contributed by atoms with Crippen LogP contribution in [0.3, 0.4) is 0 Å². The molecule has 2 rings (SSSR count). The van der Waals surface area contributed by atoms with Crippen LogP contribution in [0.2, 0.25) is 0 Å². The summed E-state index contributed by atoms with van der Waals surface area (Å²) in [6.07, 6.45) is 1.60. The fourth-order valence-corrected chi connectivity index (χ4v) is 2.19. The largest absolute Gasteiger partial charge is 0.496 e. The molecule has 1 aromatic carbocycles. The first-order valence-corrected chi connectivity index (χ1v) is 6.47. The number of hydrogen-bond acceptors (Lipinski definition) is 5. The Bertz CT molecular complexity index is 632. The normalized spacial score (nSPS) is 11.4. The van der Waals surface area contributed by atoms with Crippen molar-refractivity contribution in [1.29, 1.82) is 0 Å². The Labute approximate surface area is 119 Å². The lowest BCUT2D eigenvalue weighted by molar-refractivity contribution is 0.399. The van der Waals surface area contributed by atoms with Gasteiger partial charge in [-0.25, -0.2) is 4.98 Å². The predicted molar refractivity (Wildman–Crippen MR) is 79.7 cm³/mol. The maximum absolute atomic E-state index is 5.62. The molecule has 0 radical (unpaired) electrons. The zero-order valence-electron chi connectivity index (χ0n) is 12.6. The Morgan fingerprint density at radius 2 is 1.90 bits per heavy atom. The van der Waals surface area contributed by atoms with Crippen molar-refractivity contribution < 1.29 is 4.74 Å². The number of methoxy groups -OCH3 is 1. The Morgan fingerprint density at radius 3 is 2.45 bits per heavy atom. The third-order valence-electron chi connectivity index (χ3n) is 3.10. The maximum atomic E-state index is 5.62. The summed E-state index contributed by atoms with van der Waals surface area (Å²) in [7, 11) is 1.67. The van der Waals surface area contributed by atoms with Crippen LogP contribution in [0.4, 0.5) is 5.95 Å². The molecule has 5 nitrogen and oxygen atoms in total. The van der Waals surface area contributed by atoms with Crippen LogP contribution in [0, 0.1) is 6.92 Å². The molecular formula is C15H20N4O. The van der Waals surface area contributed by atoms with Gasteiger partial charge in [-0.05, 0) is 24.0 Å². The molecule has 0 unspecified atom stereocenters.